The summed E-state index contributed by atoms with van der Waals surface area (Å²) in [6.45, 7) is 3.99. The summed E-state index contributed by atoms with van der Waals surface area (Å²) < 4.78 is 13.7. The van der Waals surface area contributed by atoms with Gasteiger partial charge in [0.15, 0.2) is 0 Å². The molecule has 3 aromatic rings. The second kappa shape index (κ2) is 8.60. The van der Waals surface area contributed by atoms with Gasteiger partial charge in [0.25, 0.3) is 5.91 Å². The van der Waals surface area contributed by atoms with Gasteiger partial charge >= 0.3 is 6.03 Å². The minimum absolute atomic E-state index is 0.0314. The molecule has 5 nitrogen and oxygen atoms in total. The maximum absolute atomic E-state index is 13.7. The van der Waals surface area contributed by atoms with E-state index in [1.807, 2.05) is 60.4 Å². The molecule has 3 amide bonds. The standard InChI is InChI=1S/C25H24FN3O2/c1-16-8-11-21(14-22(16)26)28-25(31)27-15-18-9-10-20-12-17(2)29(23(20)13-18)24(30)19-6-4-3-5-7-19/h3-11,13-14,17H,12,15H2,1-2H3,(H2,27,28,31). The molecule has 6 heteroatoms. The fourth-order valence-electron chi connectivity index (χ4n) is 3.82. The van der Waals surface area contributed by atoms with Gasteiger partial charge in [-0.15, -0.1) is 0 Å². The first-order chi connectivity index (χ1) is 14.9. The predicted octanol–water partition coefficient (Wildman–Crippen LogP) is 5.05. The van der Waals surface area contributed by atoms with Gasteiger partial charge < -0.3 is 15.5 Å². The molecule has 3 aromatic carbocycles. The van der Waals surface area contributed by atoms with E-state index >= 15 is 0 Å². The average molecular weight is 417 g/mol. The van der Waals surface area contributed by atoms with E-state index in [2.05, 4.69) is 10.6 Å². The number of carbonyl (C=O) groups excluding carboxylic acids is 2. The second-order valence-electron chi connectivity index (χ2n) is 7.83. The molecule has 1 atom stereocenters. The number of urea groups is 1. The van der Waals surface area contributed by atoms with Crippen molar-refractivity contribution in [3.8, 4) is 0 Å². The summed E-state index contributed by atoms with van der Waals surface area (Å²) in [5.41, 5.74) is 4.43. The number of halogens is 1. The molecule has 0 saturated carbocycles. The van der Waals surface area contributed by atoms with Crippen LogP contribution in [0.2, 0.25) is 0 Å². The summed E-state index contributed by atoms with van der Waals surface area (Å²) in [6, 6.07) is 19.3. The number of rotatable bonds is 4. The minimum Gasteiger partial charge on any atom is -0.334 e. The van der Waals surface area contributed by atoms with E-state index in [1.165, 1.54) is 6.07 Å². The molecular weight excluding hydrogens is 393 g/mol. The Balaban J connectivity index is 1.45. The lowest BCUT2D eigenvalue weighted by molar-refractivity contribution is 0.0981. The van der Waals surface area contributed by atoms with Gasteiger partial charge in [0.05, 0.1) is 0 Å². The van der Waals surface area contributed by atoms with Crippen LogP contribution in [0.1, 0.15) is 34.0 Å². The lowest BCUT2D eigenvalue weighted by Gasteiger charge is -2.23. The summed E-state index contributed by atoms with van der Waals surface area (Å²) in [4.78, 5) is 27.1. The van der Waals surface area contributed by atoms with Crippen LogP contribution < -0.4 is 15.5 Å². The molecule has 31 heavy (non-hydrogen) atoms. The van der Waals surface area contributed by atoms with Crippen molar-refractivity contribution in [1.82, 2.24) is 5.32 Å². The van der Waals surface area contributed by atoms with Crippen LogP contribution in [0.15, 0.2) is 66.7 Å². The van der Waals surface area contributed by atoms with E-state index in [4.69, 9.17) is 0 Å². The Bertz CT molecular complexity index is 1130. The van der Waals surface area contributed by atoms with Crippen LogP contribution in [0, 0.1) is 12.7 Å². The largest absolute Gasteiger partial charge is 0.334 e. The van der Waals surface area contributed by atoms with Crippen LogP contribution >= 0.6 is 0 Å². The third-order valence-electron chi connectivity index (χ3n) is 5.49. The Morgan fingerprint density at radius 1 is 1.06 bits per heavy atom. The zero-order chi connectivity index (χ0) is 22.0. The Morgan fingerprint density at radius 3 is 2.58 bits per heavy atom. The van der Waals surface area contributed by atoms with Gasteiger partial charge in [0, 0.05) is 29.5 Å². The third-order valence-corrected chi connectivity index (χ3v) is 5.49. The molecule has 0 bridgehead atoms. The van der Waals surface area contributed by atoms with Crippen LogP contribution in [-0.4, -0.2) is 18.0 Å². The number of nitrogens with zero attached hydrogens (tertiary/aromatic N) is 1. The van der Waals surface area contributed by atoms with Crippen molar-refractivity contribution < 1.29 is 14.0 Å². The molecule has 4 rings (SSSR count). The van der Waals surface area contributed by atoms with Crippen molar-refractivity contribution in [2.24, 2.45) is 0 Å². The van der Waals surface area contributed by atoms with Crippen molar-refractivity contribution in [2.75, 3.05) is 10.2 Å². The van der Waals surface area contributed by atoms with E-state index in [0.717, 1.165) is 23.2 Å². The zero-order valence-corrected chi connectivity index (χ0v) is 17.5. The van der Waals surface area contributed by atoms with Gasteiger partial charge in [0.1, 0.15) is 5.82 Å². The van der Waals surface area contributed by atoms with Crippen LogP contribution in [0.25, 0.3) is 0 Å². The van der Waals surface area contributed by atoms with Gasteiger partial charge in [-0.1, -0.05) is 36.4 Å². The van der Waals surface area contributed by atoms with Crippen LogP contribution in [0.4, 0.5) is 20.6 Å². The summed E-state index contributed by atoms with van der Waals surface area (Å²) in [5, 5.41) is 5.42. The van der Waals surface area contributed by atoms with E-state index in [0.29, 0.717) is 16.8 Å². The number of nitrogens with one attached hydrogen (secondary N) is 2. The highest BCUT2D eigenvalue weighted by Crippen LogP contribution is 2.34. The highest BCUT2D eigenvalue weighted by Gasteiger charge is 2.31. The van der Waals surface area contributed by atoms with Crippen molar-refractivity contribution in [2.45, 2.75) is 32.9 Å². The monoisotopic (exact) mass is 417 g/mol. The average Bonchev–Trinajstić information content (AvgIpc) is 3.10. The number of fused-ring (bicyclic) bond motifs is 1. The SMILES string of the molecule is Cc1ccc(NC(=O)NCc2ccc3c(c2)N(C(=O)c2ccccc2)C(C)C3)cc1F. The quantitative estimate of drug-likeness (QED) is 0.624. The summed E-state index contributed by atoms with van der Waals surface area (Å²) in [6.07, 6.45) is 0.793. The van der Waals surface area contributed by atoms with E-state index < -0.39 is 6.03 Å². The van der Waals surface area contributed by atoms with Crippen molar-refractivity contribution in [3.63, 3.8) is 0 Å². The molecule has 158 valence electrons. The van der Waals surface area contributed by atoms with E-state index in [9.17, 15) is 14.0 Å². The number of anilines is 2. The van der Waals surface area contributed by atoms with E-state index in [1.54, 1.807) is 19.1 Å². The topological polar surface area (TPSA) is 61.4 Å². The maximum Gasteiger partial charge on any atom is 0.319 e. The number of amides is 3. The minimum atomic E-state index is -0.422. The van der Waals surface area contributed by atoms with Gasteiger partial charge in [0.2, 0.25) is 0 Å². The molecule has 0 spiro atoms. The molecule has 0 fully saturated rings. The molecule has 0 aromatic heterocycles. The van der Waals surface area contributed by atoms with Crippen molar-refractivity contribution >= 4 is 23.3 Å². The number of hydrogen-bond acceptors (Lipinski definition) is 2. The Kier molecular flexibility index (Phi) is 5.71. The van der Waals surface area contributed by atoms with Crippen molar-refractivity contribution in [1.29, 1.82) is 0 Å². The van der Waals surface area contributed by atoms with Crippen LogP contribution in [0.3, 0.4) is 0 Å². The van der Waals surface area contributed by atoms with Crippen molar-refractivity contribution in [3.05, 3.63) is 94.8 Å². The Labute approximate surface area is 180 Å². The third kappa shape index (κ3) is 4.43. The lowest BCUT2D eigenvalue weighted by atomic mass is 10.1. The number of benzene rings is 3. The predicted molar refractivity (Wildman–Crippen MR) is 120 cm³/mol. The van der Waals surface area contributed by atoms with Gasteiger partial charge in [-0.05, 0) is 67.3 Å². The molecule has 0 radical (unpaired) electrons. The molecule has 1 aliphatic rings. The molecular formula is C25H24FN3O2. The first-order valence-electron chi connectivity index (χ1n) is 10.2. The van der Waals surface area contributed by atoms with Crippen LogP contribution in [-0.2, 0) is 13.0 Å². The summed E-state index contributed by atoms with van der Waals surface area (Å²) in [5.74, 6) is -0.398. The summed E-state index contributed by atoms with van der Waals surface area (Å²) in [7, 11) is 0. The van der Waals surface area contributed by atoms with E-state index in [-0.39, 0.29) is 24.3 Å². The highest BCUT2D eigenvalue weighted by atomic mass is 19.1. The zero-order valence-electron chi connectivity index (χ0n) is 17.5. The molecule has 0 aliphatic carbocycles. The first-order valence-corrected chi connectivity index (χ1v) is 10.2. The fourth-order valence-corrected chi connectivity index (χ4v) is 3.82. The smallest absolute Gasteiger partial charge is 0.319 e. The van der Waals surface area contributed by atoms with Gasteiger partial charge in [-0.2, -0.15) is 0 Å². The van der Waals surface area contributed by atoms with Crippen LogP contribution in [0.5, 0.6) is 0 Å². The molecule has 1 heterocycles. The molecule has 1 aliphatic heterocycles. The number of hydrogen-bond donors (Lipinski definition) is 2. The van der Waals surface area contributed by atoms with Gasteiger partial charge in [-0.3, -0.25) is 4.79 Å². The van der Waals surface area contributed by atoms with Gasteiger partial charge in [-0.25, -0.2) is 9.18 Å². The normalized spacial score (nSPS) is 14.8. The lowest BCUT2D eigenvalue weighted by Crippen LogP contribution is -2.35. The Hall–Kier alpha value is -3.67. The number of carbonyl (C=O) groups is 2. The molecule has 0 saturated heterocycles. The second-order valence-corrected chi connectivity index (χ2v) is 7.83. The molecule has 2 N–H and O–H groups in total. The maximum atomic E-state index is 13.7. The number of aryl methyl sites for hydroxylation is 1. The summed E-state index contributed by atoms with van der Waals surface area (Å²) >= 11 is 0. The molecule has 1 unspecified atom stereocenters. The first kappa shape index (κ1) is 20.6. The Morgan fingerprint density at radius 2 is 1.84 bits per heavy atom. The highest BCUT2D eigenvalue weighted by molar-refractivity contribution is 6.07. The fraction of sp³-hybridized carbons (Fsp3) is 0.200.